The molecule has 1 atom stereocenters. The van der Waals surface area contributed by atoms with Crippen LogP contribution in [0.25, 0.3) is 0 Å². The van der Waals surface area contributed by atoms with Crippen molar-refractivity contribution in [2.45, 2.75) is 31.5 Å². The average molecular weight is 252 g/mol. The third-order valence-corrected chi connectivity index (χ3v) is 2.45. The zero-order chi connectivity index (χ0) is 12.7. The molecule has 0 amide bonds. The molecule has 0 aliphatic rings. The molecule has 1 aromatic heterocycles. The SMILES string of the molecule is CCNc1nc(NC(C)CC#N)nc(SC)n1. The van der Waals surface area contributed by atoms with Gasteiger partial charge in [-0.1, -0.05) is 11.8 Å². The molecule has 0 bridgehead atoms. The van der Waals surface area contributed by atoms with E-state index in [-0.39, 0.29) is 6.04 Å². The Morgan fingerprint density at radius 3 is 2.65 bits per heavy atom. The summed E-state index contributed by atoms with van der Waals surface area (Å²) in [5.74, 6) is 1.06. The molecule has 0 aromatic carbocycles. The molecule has 0 saturated heterocycles. The Labute approximate surface area is 105 Å². The average Bonchev–Trinajstić information content (AvgIpc) is 2.29. The Morgan fingerprint density at radius 1 is 1.35 bits per heavy atom. The van der Waals surface area contributed by atoms with E-state index in [1.165, 1.54) is 11.8 Å². The zero-order valence-corrected chi connectivity index (χ0v) is 11.0. The van der Waals surface area contributed by atoms with Gasteiger partial charge in [0.25, 0.3) is 0 Å². The first kappa shape index (κ1) is 13.5. The smallest absolute Gasteiger partial charge is 0.228 e. The highest BCUT2D eigenvalue weighted by atomic mass is 32.2. The molecule has 1 aromatic rings. The van der Waals surface area contributed by atoms with Gasteiger partial charge < -0.3 is 10.6 Å². The van der Waals surface area contributed by atoms with Crippen molar-refractivity contribution >= 4 is 23.7 Å². The standard InChI is InChI=1S/C10H16N6S/c1-4-12-8-14-9(13-7(2)5-6-11)16-10(15-8)17-3/h7H,4-5H2,1-3H3,(H2,12,13,14,15,16). The Hall–Kier alpha value is -1.55. The second-order valence-electron chi connectivity index (χ2n) is 3.41. The third kappa shape index (κ3) is 4.44. The highest BCUT2D eigenvalue weighted by Gasteiger charge is 2.08. The number of aromatic nitrogens is 3. The molecule has 1 unspecified atom stereocenters. The van der Waals surface area contributed by atoms with Gasteiger partial charge in [0, 0.05) is 12.6 Å². The van der Waals surface area contributed by atoms with Crippen LogP contribution in [-0.2, 0) is 0 Å². The zero-order valence-electron chi connectivity index (χ0n) is 10.2. The van der Waals surface area contributed by atoms with E-state index in [0.717, 1.165) is 6.54 Å². The van der Waals surface area contributed by atoms with Gasteiger partial charge in [-0.2, -0.15) is 20.2 Å². The van der Waals surface area contributed by atoms with Crippen LogP contribution in [0.5, 0.6) is 0 Å². The number of hydrogen-bond acceptors (Lipinski definition) is 7. The van der Waals surface area contributed by atoms with Gasteiger partial charge in [0.1, 0.15) is 0 Å². The van der Waals surface area contributed by atoms with Crippen molar-refractivity contribution in [3.63, 3.8) is 0 Å². The van der Waals surface area contributed by atoms with Gasteiger partial charge >= 0.3 is 0 Å². The van der Waals surface area contributed by atoms with Crippen LogP contribution in [0.4, 0.5) is 11.9 Å². The molecule has 0 aliphatic heterocycles. The second kappa shape index (κ2) is 6.91. The maximum Gasteiger partial charge on any atom is 0.228 e. The Kier molecular flexibility index (Phi) is 5.49. The van der Waals surface area contributed by atoms with E-state index in [9.17, 15) is 0 Å². The topological polar surface area (TPSA) is 86.5 Å². The van der Waals surface area contributed by atoms with E-state index in [1.54, 1.807) is 0 Å². The van der Waals surface area contributed by atoms with Crippen LogP contribution in [0, 0.1) is 11.3 Å². The van der Waals surface area contributed by atoms with E-state index in [4.69, 9.17) is 5.26 Å². The number of hydrogen-bond donors (Lipinski definition) is 2. The summed E-state index contributed by atoms with van der Waals surface area (Å²) in [5, 5.41) is 15.4. The Morgan fingerprint density at radius 2 is 2.06 bits per heavy atom. The molecular weight excluding hydrogens is 236 g/mol. The van der Waals surface area contributed by atoms with Crippen LogP contribution in [-0.4, -0.2) is 33.8 Å². The maximum atomic E-state index is 8.59. The molecular formula is C10H16N6S. The molecule has 0 fully saturated rings. The second-order valence-corrected chi connectivity index (χ2v) is 4.18. The summed E-state index contributed by atoms with van der Waals surface area (Å²) in [6.45, 7) is 4.65. The molecule has 1 heterocycles. The number of thioether (sulfide) groups is 1. The quantitative estimate of drug-likeness (QED) is 0.746. The van der Waals surface area contributed by atoms with Crippen LogP contribution in [0.15, 0.2) is 5.16 Å². The lowest BCUT2D eigenvalue weighted by molar-refractivity contribution is 0.788. The molecule has 92 valence electrons. The minimum atomic E-state index is 0.0200. The molecule has 0 spiro atoms. The predicted molar refractivity (Wildman–Crippen MR) is 69.1 cm³/mol. The summed E-state index contributed by atoms with van der Waals surface area (Å²) in [6, 6.07) is 2.12. The van der Waals surface area contributed by atoms with E-state index < -0.39 is 0 Å². The lowest BCUT2D eigenvalue weighted by Crippen LogP contribution is -2.17. The summed E-state index contributed by atoms with van der Waals surface area (Å²) in [7, 11) is 0. The molecule has 0 radical (unpaired) electrons. The maximum absolute atomic E-state index is 8.59. The normalized spacial score (nSPS) is 11.6. The van der Waals surface area contributed by atoms with Gasteiger partial charge in [-0.05, 0) is 20.1 Å². The highest BCUT2D eigenvalue weighted by molar-refractivity contribution is 7.98. The minimum Gasteiger partial charge on any atom is -0.354 e. The number of nitrogens with zero attached hydrogens (tertiary/aromatic N) is 4. The largest absolute Gasteiger partial charge is 0.354 e. The van der Waals surface area contributed by atoms with Crippen molar-refractivity contribution in [1.29, 1.82) is 5.26 Å². The summed E-state index contributed by atoms with van der Waals surface area (Å²) in [6.07, 6.45) is 2.32. The fourth-order valence-electron chi connectivity index (χ4n) is 1.16. The van der Waals surface area contributed by atoms with Crippen molar-refractivity contribution in [3.05, 3.63) is 0 Å². The number of nitrogens with one attached hydrogen (secondary N) is 2. The minimum absolute atomic E-state index is 0.0200. The molecule has 1 rings (SSSR count). The first-order chi connectivity index (χ1) is 8.19. The highest BCUT2D eigenvalue weighted by Crippen LogP contribution is 2.14. The number of nitriles is 1. The van der Waals surface area contributed by atoms with E-state index in [1.807, 2.05) is 20.1 Å². The van der Waals surface area contributed by atoms with Gasteiger partial charge in [0.2, 0.25) is 11.9 Å². The molecule has 2 N–H and O–H groups in total. The van der Waals surface area contributed by atoms with Crippen molar-refractivity contribution in [2.24, 2.45) is 0 Å². The first-order valence-corrected chi connectivity index (χ1v) is 6.59. The van der Waals surface area contributed by atoms with Crippen LogP contribution in [0.1, 0.15) is 20.3 Å². The van der Waals surface area contributed by atoms with Gasteiger partial charge in [-0.25, -0.2) is 0 Å². The summed E-state index contributed by atoms with van der Waals surface area (Å²) in [5.41, 5.74) is 0. The fraction of sp³-hybridized carbons (Fsp3) is 0.600. The number of rotatable bonds is 6. The summed E-state index contributed by atoms with van der Waals surface area (Å²) >= 11 is 1.46. The lowest BCUT2D eigenvalue weighted by Gasteiger charge is -2.11. The third-order valence-electron chi connectivity index (χ3n) is 1.91. The molecule has 7 heteroatoms. The van der Waals surface area contributed by atoms with Gasteiger partial charge in [-0.3, -0.25) is 0 Å². The summed E-state index contributed by atoms with van der Waals surface area (Å²) in [4.78, 5) is 12.7. The molecule has 0 aliphatic carbocycles. The van der Waals surface area contributed by atoms with Crippen molar-refractivity contribution < 1.29 is 0 Å². The van der Waals surface area contributed by atoms with Gasteiger partial charge in [0.15, 0.2) is 5.16 Å². The summed E-state index contributed by atoms with van der Waals surface area (Å²) < 4.78 is 0. The van der Waals surface area contributed by atoms with Gasteiger partial charge in [0.05, 0.1) is 12.5 Å². The number of anilines is 2. The van der Waals surface area contributed by atoms with Gasteiger partial charge in [-0.15, -0.1) is 0 Å². The van der Waals surface area contributed by atoms with Crippen LogP contribution in [0.2, 0.25) is 0 Å². The van der Waals surface area contributed by atoms with Crippen molar-refractivity contribution in [3.8, 4) is 6.07 Å². The van der Waals surface area contributed by atoms with Crippen LogP contribution < -0.4 is 10.6 Å². The Balaban J connectivity index is 2.83. The molecule has 0 saturated carbocycles. The van der Waals surface area contributed by atoms with Crippen molar-refractivity contribution in [1.82, 2.24) is 15.0 Å². The molecule has 17 heavy (non-hydrogen) atoms. The monoisotopic (exact) mass is 252 g/mol. The van der Waals surface area contributed by atoms with Crippen LogP contribution in [0.3, 0.4) is 0 Å². The Bertz CT molecular complexity index is 402. The lowest BCUT2D eigenvalue weighted by atomic mass is 10.3. The fourth-order valence-corrected chi connectivity index (χ4v) is 1.51. The first-order valence-electron chi connectivity index (χ1n) is 5.37. The van der Waals surface area contributed by atoms with E-state index >= 15 is 0 Å². The van der Waals surface area contributed by atoms with Crippen molar-refractivity contribution in [2.75, 3.05) is 23.4 Å². The molecule has 6 nitrogen and oxygen atoms in total. The van der Waals surface area contributed by atoms with Crippen LogP contribution >= 0.6 is 11.8 Å². The van der Waals surface area contributed by atoms with E-state index in [2.05, 4.69) is 31.7 Å². The van der Waals surface area contributed by atoms with E-state index in [0.29, 0.717) is 23.5 Å². The predicted octanol–water partition coefficient (Wildman–Crippen LogP) is 1.74.